The van der Waals surface area contributed by atoms with Gasteiger partial charge < -0.3 is 5.32 Å². The molecular weight excluding hydrogens is 331 g/mol. The van der Waals surface area contributed by atoms with E-state index < -0.39 is 15.9 Å². The van der Waals surface area contributed by atoms with E-state index in [0.717, 1.165) is 9.87 Å². The molecule has 0 saturated heterocycles. The van der Waals surface area contributed by atoms with Crippen molar-refractivity contribution in [3.63, 3.8) is 0 Å². The first-order chi connectivity index (χ1) is 11.4. The predicted molar refractivity (Wildman–Crippen MR) is 89.1 cm³/mol. The highest BCUT2D eigenvalue weighted by Crippen LogP contribution is 2.14. The first-order valence-corrected chi connectivity index (χ1v) is 8.94. The summed E-state index contributed by atoms with van der Waals surface area (Å²) in [5.74, 6) is -0.767. The number of benzene rings is 2. The summed E-state index contributed by atoms with van der Waals surface area (Å²) in [7, 11) is -3.71. The normalized spacial score (nSPS) is 11.5. The van der Waals surface area contributed by atoms with E-state index in [1.165, 1.54) is 24.3 Å². The van der Waals surface area contributed by atoms with Crippen LogP contribution in [0, 0.1) is 5.82 Å². The van der Waals surface area contributed by atoms with Crippen LogP contribution < -0.4 is 5.32 Å². The molecule has 24 heavy (non-hydrogen) atoms. The summed E-state index contributed by atoms with van der Waals surface area (Å²) < 4.78 is 39.0. The molecule has 5 nitrogen and oxygen atoms in total. The van der Waals surface area contributed by atoms with Crippen LogP contribution in [0.25, 0.3) is 0 Å². The molecule has 128 valence electrons. The van der Waals surface area contributed by atoms with E-state index >= 15 is 0 Å². The number of halogens is 1. The molecule has 7 heteroatoms. The number of carbonyl (C=O) groups excluding carboxylic acids is 1. The average Bonchev–Trinajstić information content (AvgIpc) is 2.59. The maximum absolute atomic E-state index is 12.8. The van der Waals surface area contributed by atoms with Gasteiger partial charge in [0, 0.05) is 13.1 Å². The van der Waals surface area contributed by atoms with Crippen molar-refractivity contribution in [3.8, 4) is 0 Å². The van der Waals surface area contributed by atoms with Crippen LogP contribution in [0.5, 0.6) is 0 Å². The van der Waals surface area contributed by atoms with Gasteiger partial charge in [-0.2, -0.15) is 4.31 Å². The zero-order chi connectivity index (χ0) is 17.6. The van der Waals surface area contributed by atoms with Gasteiger partial charge in [-0.1, -0.05) is 37.3 Å². The summed E-state index contributed by atoms with van der Waals surface area (Å²) in [5.41, 5.74) is 0.735. The van der Waals surface area contributed by atoms with Crippen molar-refractivity contribution in [1.29, 1.82) is 0 Å². The lowest BCUT2D eigenvalue weighted by molar-refractivity contribution is -0.121. The third kappa shape index (κ3) is 4.62. The van der Waals surface area contributed by atoms with Crippen LogP contribution in [-0.2, 0) is 21.4 Å². The van der Waals surface area contributed by atoms with Gasteiger partial charge in [0.1, 0.15) is 5.82 Å². The molecule has 2 aromatic rings. The first-order valence-electron chi connectivity index (χ1n) is 7.50. The van der Waals surface area contributed by atoms with Crippen molar-refractivity contribution in [2.75, 3.05) is 13.1 Å². The van der Waals surface area contributed by atoms with Crippen molar-refractivity contribution >= 4 is 15.9 Å². The Morgan fingerprint density at radius 2 is 1.71 bits per heavy atom. The van der Waals surface area contributed by atoms with E-state index in [9.17, 15) is 17.6 Å². The Labute approximate surface area is 141 Å². The Hall–Kier alpha value is -2.25. The monoisotopic (exact) mass is 350 g/mol. The quantitative estimate of drug-likeness (QED) is 0.832. The van der Waals surface area contributed by atoms with Crippen molar-refractivity contribution < 1.29 is 17.6 Å². The Morgan fingerprint density at radius 3 is 2.29 bits per heavy atom. The lowest BCUT2D eigenvalue weighted by Gasteiger charge is -2.20. The standard InChI is InChI=1S/C17H19FN2O3S/c1-2-20(24(22,23)16-6-4-3-5-7-16)13-17(21)19-12-14-8-10-15(18)11-9-14/h3-11H,2,12-13H2,1H3,(H,19,21). The van der Waals surface area contributed by atoms with Crippen molar-refractivity contribution in [3.05, 3.63) is 66.0 Å². The lowest BCUT2D eigenvalue weighted by Crippen LogP contribution is -2.40. The van der Waals surface area contributed by atoms with Crippen LogP contribution in [0.15, 0.2) is 59.5 Å². The van der Waals surface area contributed by atoms with Crippen molar-refractivity contribution in [1.82, 2.24) is 9.62 Å². The maximum Gasteiger partial charge on any atom is 0.243 e. The van der Waals surface area contributed by atoms with Gasteiger partial charge in [-0.15, -0.1) is 0 Å². The zero-order valence-electron chi connectivity index (χ0n) is 13.3. The fraction of sp³-hybridized carbons (Fsp3) is 0.235. The van der Waals surface area contributed by atoms with E-state index in [0.29, 0.717) is 0 Å². The third-order valence-electron chi connectivity index (χ3n) is 3.46. The minimum atomic E-state index is -3.71. The van der Waals surface area contributed by atoms with Gasteiger partial charge >= 0.3 is 0 Å². The summed E-state index contributed by atoms with van der Waals surface area (Å²) in [5, 5.41) is 2.64. The largest absolute Gasteiger partial charge is 0.351 e. The van der Waals surface area contributed by atoms with Crippen LogP contribution in [0.3, 0.4) is 0 Å². The molecule has 2 rings (SSSR count). The molecule has 1 amide bonds. The molecule has 0 unspecified atom stereocenters. The molecule has 0 aromatic heterocycles. The number of nitrogens with one attached hydrogen (secondary N) is 1. The fourth-order valence-electron chi connectivity index (χ4n) is 2.13. The number of rotatable bonds is 7. The molecule has 0 spiro atoms. The smallest absolute Gasteiger partial charge is 0.243 e. The SMILES string of the molecule is CCN(CC(=O)NCc1ccc(F)cc1)S(=O)(=O)c1ccccc1. The minimum absolute atomic E-state index is 0.151. The Bertz CT molecular complexity index is 777. The summed E-state index contributed by atoms with van der Waals surface area (Å²) >= 11 is 0. The third-order valence-corrected chi connectivity index (χ3v) is 5.39. The second kappa shape index (κ2) is 8.03. The van der Waals surface area contributed by atoms with Crippen LogP contribution in [0.1, 0.15) is 12.5 Å². The number of nitrogens with zero attached hydrogens (tertiary/aromatic N) is 1. The summed E-state index contributed by atoms with van der Waals surface area (Å²) in [6.45, 7) is 1.80. The number of hydrogen-bond donors (Lipinski definition) is 1. The van der Waals surface area contributed by atoms with E-state index in [-0.39, 0.29) is 30.3 Å². The van der Waals surface area contributed by atoms with E-state index in [2.05, 4.69) is 5.32 Å². The number of amides is 1. The highest BCUT2D eigenvalue weighted by atomic mass is 32.2. The van der Waals surface area contributed by atoms with Gasteiger partial charge in [0.25, 0.3) is 0 Å². The maximum atomic E-state index is 12.8. The molecule has 0 bridgehead atoms. The molecule has 0 aliphatic heterocycles. The van der Waals surface area contributed by atoms with Crippen LogP contribution in [0.2, 0.25) is 0 Å². The topological polar surface area (TPSA) is 66.5 Å². The zero-order valence-corrected chi connectivity index (χ0v) is 14.1. The summed E-state index contributed by atoms with van der Waals surface area (Å²) in [6, 6.07) is 13.7. The fourth-order valence-corrected chi connectivity index (χ4v) is 3.55. The predicted octanol–water partition coefficient (Wildman–Crippen LogP) is 2.15. The molecule has 0 aliphatic carbocycles. The number of likely N-dealkylation sites (N-methyl/N-ethyl adjacent to an activating group) is 1. The molecule has 0 radical (unpaired) electrons. The first kappa shape index (κ1) is 18.1. The van der Waals surface area contributed by atoms with Crippen LogP contribution in [-0.4, -0.2) is 31.7 Å². The Kier molecular flexibility index (Phi) is 6.05. The Balaban J connectivity index is 1.99. The van der Waals surface area contributed by atoms with E-state index in [4.69, 9.17) is 0 Å². The molecule has 0 aliphatic rings. The Morgan fingerprint density at radius 1 is 1.08 bits per heavy atom. The highest BCUT2D eigenvalue weighted by molar-refractivity contribution is 7.89. The molecule has 2 aromatic carbocycles. The van der Waals surface area contributed by atoms with Gasteiger partial charge in [-0.05, 0) is 29.8 Å². The van der Waals surface area contributed by atoms with Gasteiger partial charge in [0.2, 0.25) is 15.9 Å². The molecule has 0 fully saturated rings. The second-order valence-electron chi connectivity index (χ2n) is 5.15. The number of sulfonamides is 1. The van der Waals surface area contributed by atoms with Gasteiger partial charge in [0.05, 0.1) is 11.4 Å². The van der Waals surface area contributed by atoms with Crippen molar-refractivity contribution in [2.45, 2.75) is 18.4 Å². The van der Waals surface area contributed by atoms with Crippen molar-refractivity contribution in [2.24, 2.45) is 0 Å². The lowest BCUT2D eigenvalue weighted by atomic mass is 10.2. The molecule has 1 N–H and O–H groups in total. The molecular formula is C17H19FN2O3S. The van der Waals surface area contributed by atoms with E-state index in [1.807, 2.05) is 0 Å². The summed E-state index contributed by atoms with van der Waals surface area (Å²) in [4.78, 5) is 12.2. The minimum Gasteiger partial charge on any atom is -0.351 e. The average molecular weight is 350 g/mol. The number of hydrogen-bond acceptors (Lipinski definition) is 3. The molecule has 0 saturated carbocycles. The second-order valence-corrected chi connectivity index (χ2v) is 7.09. The molecule has 0 atom stereocenters. The summed E-state index contributed by atoms with van der Waals surface area (Å²) in [6.07, 6.45) is 0. The van der Waals surface area contributed by atoms with Crippen LogP contribution in [0.4, 0.5) is 4.39 Å². The van der Waals surface area contributed by atoms with E-state index in [1.54, 1.807) is 37.3 Å². The highest BCUT2D eigenvalue weighted by Gasteiger charge is 2.24. The van der Waals surface area contributed by atoms with Gasteiger partial charge in [0.15, 0.2) is 0 Å². The van der Waals surface area contributed by atoms with Crippen LogP contribution >= 0.6 is 0 Å². The number of carbonyl (C=O) groups is 1. The van der Waals surface area contributed by atoms with Gasteiger partial charge in [-0.3, -0.25) is 4.79 Å². The van der Waals surface area contributed by atoms with Gasteiger partial charge in [-0.25, -0.2) is 12.8 Å². The molecule has 0 heterocycles.